The van der Waals surface area contributed by atoms with Crippen molar-refractivity contribution in [1.29, 1.82) is 0 Å². The molecule has 0 aliphatic carbocycles. The number of aryl methyl sites for hydroxylation is 1. The maximum absolute atomic E-state index is 14.0. The zero-order valence-electron chi connectivity index (χ0n) is 29.2. The smallest absolute Gasteiger partial charge is 0.422 e. The average molecular weight is 718 g/mol. The van der Waals surface area contributed by atoms with E-state index < -0.39 is 12.8 Å². The van der Waals surface area contributed by atoms with Crippen LogP contribution in [-0.4, -0.2) is 113 Å². The van der Waals surface area contributed by atoms with E-state index in [2.05, 4.69) is 33.2 Å². The van der Waals surface area contributed by atoms with Gasteiger partial charge in [0.25, 0.3) is 0 Å². The molecule has 1 spiro atoms. The summed E-state index contributed by atoms with van der Waals surface area (Å²) in [4.78, 5) is 28.4. The van der Waals surface area contributed by atoms with E-state index in [1.165, 1.54) is 6.08 Å². The second-order valence-electron chi connectivity index (χ2n) is 14.5. The highest BCUT2D eigenvalue weighted by molar-refractivity contribution is 6.07. The average Bonchev–Trinajstić information content (AvgIpc) is 3.57. The van der Waals surface area contributed by atoms with Gasteiger partial charge in [-0.25, -0.2) is 0 Å². The molecule has 4 fully saturated rings. The number of likely N-dealkylation sites (tertiary alicyclic amines) is 2. The summed E-state index contributed by atoms with van der Waals surface area (Å²) in [6, 6.07) is 6.22. The molecule has 0 bridgehead atoms. The van der Waals surface area contributed by atoms with Crippen molar-refractivity contribution in [3.8, 4) is 22.9 Å². The molecule has 4 aromatic rings. The molecule has 2 aromatic heterocycles. The van der Waals surface area contributed by atoms with Crippen LogP contribution in [-0.2, 0) is 9.53 Å². The molecule has 52 heavy (non-hydrogen) atoms. The topological polar surface area (TPSA) is 109 Å². The second-order valence-corrected chi connectivity index (χ2v) is 14.5. The van der Waals surface area contributed by atoms with Gasteiger partial charge in [0.05, 0.1) is 31.0 Å². The van der Waals surface area contributed by atoms with Crippen molar-refractivity contribution < 1.29 is 32.2 Å². The third kappa shape index (κ3) is 6.36. The summed E-state index contributed by atoms with van der Waals surface area (Å²) in [5, 5.41) is 8.48. The number of piperidine rings is 2. The highest BCUT2D eigenvalue weighted by Crippen LogP contribution is 2.48. The second kappa shape index (κ2) is 13.4. The molecule has 0 atom stereocenters. The molecule has 14 heteroatoms. The van der Waals surface area contributed by atoms with E-state index in [1.54, 1.807) is 12.3 Å². The number of hydrogen-bond acceptors (Lipinski definition) is 9. The van der Waals surface area contributed by atoms with Crippen LogP contribution in [0.4, 0.5) is 19.0 Å². The Labute approximate surface area is 299 Å². The Balaban J connectivity index is 1.23. The Bertz CT molecular complexity index is 2020. The number of H-pyrrole nitrogens is 1. The van der Waals surface area contributed by atoms with Crippen LogP contribution in [0.2, 0.25) is 0 Å². The summed E-state index contributed by atoms with van der Waals surface area (Å²) >= 11 is 0. The molecular weight excluding hydrogens is 675 g/mol. The summed E-state index contributed by atoms with van der Waals surface area (Å²) in [6.07, 6.45) is 3.05. The van der Waals surface area contributed by atoms with Crippen LogP contribution in [0, 0.1) is 12.3 Å². The monoisotopic (exact) mass is 717 g/mol. The van der Waals surface area contributed by atoms with Crippen molar-refractivity contribution in [2.75, 3.05) is 64.0 Å². The first-order valence-corrected chi connectivity index (χ1v) is 17.8. The first-order chi connectivity index (χ1) is 25.0. The van der Waals surface area contributed by atoms with Crippen LogP contribution in [0.5, 0.6) is 11.8 Å². The Morgan fingerprint density at radius 1 is 1.08 bits per heavy atom. The molecule has 0 saturated carbocycles. The third-order valence-corrected chi connectivity index (χ3v) is 11.2. The molecule has 8 rings (SSSR count). The number of anilines is 1. The molecule has 0 unspecified atom stereocenters. The van der Waals surface area contributed by atoms with Gasteiger partial charge in [-0.2, -0.15) is 28.2 Å². The molecule has 4 saturated heterocycles. The largest absolute Gasteiger partial charge is 0.481 e. The number of aromatic nitrogens is 4. The maximum atomic E-state index is 14.0. The minimum Gasteiger partial charge on any atom is -0.481 e. The number of fused-ring (bicyclic) bond motifs is 2. The molecule has 0 radical (unpaired) electrons. The van der Waals surface area contributed by atoms with Gasteiger partial charge in [0.15, 0.2) is 12.4 Å². The third-order valence-electron chi connectivity index (χ3n) is 11.2. The van der Waals surface area contributed by atoms with Crippen LogP contribution >= 0.6 is 0 Å². The first kappa shape index (κ1) is 34.4. The van der Waals surface area contributed by atoms with Crippen molar-refractivity contribution in [2.24, 2.45) is 5.41 Å². The van der Waals surface area contributed by atoms with E-state index in [4.69, 9.17) is 24.2 Å². The lowest BCUT2D eigenvalue weighted by Crippen LogP contribution is -2.61. The number of nitrogens with zero attached hydrogens (tertiary/aromatic N) is 6. The van der Waals surface area contributed by atoms with Gasteiger partial charge in [0.1, 0.15) is 17.4 Å². The first-order valence-electron chi connectivity index (χ1n) is 17.8. The molecule has 6 heterocycles. The molecule has 2 aromatic carbocycles. The zero-order valence-corrected chi connectivity index (χ0v) is 29.2. The summed E-state index contributed by atoms with van der Waals surface area (Å²) < 4.78 is 59.6. The van der Waals surface area contributed by atoms with Crippen molar-refractivity contribution in [3.63, 3.8) is 0 Å². The van der Waals surface area contributed by atoms with Gasteiger partial charge in [-0.05, 0) is 67.5 Å². The van der Waals surface area contributed by atoms with Crippen molar-refractivity contribution >= 4 is 39.6 Å². The standard InChI is InChI=1S/C38H42F3N7O4/c1-4-24-16-27-33(34(51-22-38(39,40)41)32(24)31-23(3)6-7-29-28(31)17-42-45-29)43-36(52-26-8-12-46(13-9-26)25-18-50-19-25)44-35(27)47-14-10-37(11-15-47)20-48(21-37)30(49)5-2/h4-7,16-17,25-26H,1-2,8-15,18-22H2,3H3,(H,42,45). The van der Waals surface area contributed by atoms with Crippen molar-refractivity contribution in [2.45, 2.75) is 50.9 Å². The molecule has 4 aliphatic heterocycles. The molecular formula is C38H42F3N7O4. The maximum Gasteiger partial charge on any atom is 0.422 e. The summed E-state index contributed by atoms with van der Waals surface area (Å²) in [5.41, 5.74) is 3.52. The number of nitrogens with one attached hydrogen (secondary N) is 1. The summed E-state index contributed by atoms with van der Waals surface area (Å²) in [7, 11) is 0. The fourth-order valence-electron chi connectivity index (χ4n) is 8.19. The minimum absolute atomic E-state index is 0.0119. The van der Waals surface area contributed by atoms with Gasteiger partial charge in [-0.3, -0.25) is 14.8 Å². The Morgan fingerprint density at radius 2 is 1.83 bits per heavy atom. The van der Waals surface area contributed by atoms with E-state index in [9.17, 15) is 18.0 Å². The number of ether oxygens (including phenoxy) is 3. The quantitative estimate of drug-likeness (QED) is 0.211. The van der Waals surface area contributed by atoms with Crippen molar-refractivity contribution in [3.05, 3.63) is 54.8 Å². The number of carbonyl (C=O) groups is 1. The molecule has 4 aliphatic rings. The highest BCUT2D eigenvalue weighted by atomic mass is 19.4. The lowest BCUT2D eigenvalue weighted by Gasteiger charge is -2.54. The van der Waals surface area contributed by atoms with Crippen LogP contribution in [0.1, 0.15) is 36.8 Å². The molecule has 11 nitrogen and oxygen atoms in total. The van der Waals surface area contributed by atoms with Crippen LogP contribution in [0.3, 0.4) is 0 Å². The van der Waals surface area contributed by atoms with E-state index >= 15 is 0 Å². The number of hydrogen-bond donors (Lipinski definition) is 1. The number of amides is 1. The number of alkyl halides is 3. The van der Waals surface area contributed by atoms with E-state index in [1.807, 2.05) is 30.0 Å². The van der Waals surface area contributed by atoms with Gasteiger partial charge in [-0.1, -0.05) is 25.3 Å². The van der Waals surface area contributed by atoms with Gasteiger partial charge < -0.3 is 24.0 Å². The predicted molar refractivity (Wildman–Crippen MR) is 191 cm³/mol. The molecule has 1 amide bonds. The van der Waals surface area contributed by atoms with Crippen LogP contribution < -0.4 is 14.4 Å². The van der Waals surface area contributed by atoms with Crippen LogP contribution in [0.25, 0.3) is 39.0 Å². The van der Waals surface area contributed by atoms with Gasteiger partial charge in [0.2, 0.25) is 5.91 Å². The van der Waals surface area contributed by atoms with Crippen LogP contribution in [0.15, 0.2) is 43.6 Å². The fraction of sp³-hybridized carbons (Fsp3) is 0.474. The predicted octanol–water partition coefficient (Wildman–Crippen LogP) is 5.92. The van der Waals surface area contributed by atoms with Gasteiger partial charge >= 0.3 is 12.2 Å². The molecule has 274 valence electrons. The normalized spacial score (nSPS) is 19.8. The Hall–Kier alpha value is -4.69. The number of halogens is 3. The number of benzene rings is 2. The summed E-state index contributed by atoms with van der Waals surface area (Å²) in [5.74, 6) is 0.492. The number of aromatic amines is 1. The molecule has 1 N–H and O–H groups in total. The Morgan fingerprint density at radius 3 is 2.48 bits per heavy atom. The lowest BCUT2D eigenvalue weighted by molar-refractivity contribution is -0.153. The minimum atomic E-state index is -4.61. The fourth-order valence-corrected chi connectivity index (χ4v) is 8.19. The van der Waals surface area contributed by atoms with E-state index in [0.717, 1.165) is 68.5 Å². The summed E-state index contributed by atoms with van der Waals surface area (Å²) in [6.45, 7) is 13.9. The number of rotatable bonds is 9. The highest BCUT2D eigenvalue weighted by Gasteiger charge is 2.46. The SMILES string of the molecule is C=CC(=O)N1CC2(CCN(c3nc(OC4CCN(C5COC5)CC4)nc4c(OCC(F)(F)F)c(-c5c(C)ccc6[nH]ncc56)c(C=C)cc34)CC2)C1. The number of carbonyl (C=O) groups excluding carboxylic acids is 1. The van der Waals surface area contributed by atoms with Gasteiger partial charge in [-0.15, -0.1) is 0 Å². The van der Waals surface area contributed by atoms with E-state index in [0.29, 0.717) is 60.1 Å². The van der Waals surface area contributed by atoms with Crippen molar-refractivity contribution in [1.82, 2.24) is 30.0 Å². The lowest BCUT2D eigenvalue weighted by atomic mass is 9.72. The zero-order chi connectivity index (χ0) is 36.2. The Kier molecular flexibility index (Phi) is 8.85. The van der Waals surface area contributed by atoms with E-state index in [-0.39, 0.29) is 34.7 Å². The van der Waals surface area contributed by atoms with Gasteiger partial charge in [0, 0.05) is 61.0 Å².